The first-order chi connectivity index (χ1) is 11.3. The number of halogens is 1. The normalized spacial score (nSPS) is 16.1. The Kier molecular flexibility index (Phi) is 4.29. The van der Waals surface area contributed by atoms with Crippen molar-refractivity contribution >= 4 is 42.6 Å². The Labute approximate surface area is 147 Å². The minimum absolute atomic E-state index is 1.00. The van der Waals surface area contributed by atoms with Crippen molar-refractivity contribution in [1.82, 2.24) is 14.9 Å². The van der Waals surface area contributed by atoms with Crippen LogP contribution in [0.4, 0.5) is 5.13 Å². The highest BCUT2D eigenvalue weighted by Gasteiger charge is 2.19. The van der Waals surface area contributed by atoms with Gasteiger partial charge in [0.05, 0.1) is 10.2 Å². The lowest BCUT2D eigenvalue weighted by molar-refractivity contribution is 0.250. The van der Waals surface area contributed by atoms with Crippen LogP contribution in [0.25, 0.3) is 10.2 Å². The van der Waals surface area contributed by atoms with Gasteiger partial charge in [-0.15, -0.1) is 0 Å². The van der Waals surface area contributed by atoms with Crippen molar-refractivity contribution in [2.45, 2.75) is 6.54 Å². The average Bonchev–Trinajstić information content (AvgIpc) is 2.99. The molecule has 4 nitrogen and oxygen atoms in total. The van der Waals surface area contributed by atoms with E-state index in [1.165, 1.54) is 10.3 Å². The summed E-state index contributed by atoms with van der Waals surface area (Å²) in [6.07, 6.45) is 3.73. The Morgan fingerprint density at radius 3 is 2.61 bits per heavy atom. The van der Waals surface area contributed by atoms with Crippen LogP contribution in [0.3, 0.4) is 0 Å². The lowest BCUT2D eigenvalue weighted by atomic mass is 10.2. The van der Waals surface area contributed by atoms with Crippen molar-refractivity contribution in [3.8, 4) is 0 Å². The molecule has 1 aliphatic rings. The zero-order valence-corrected chi connectivity index (χ0v) is 15.1. The second-order valence-corrected chi connectivity index (χ2v) is 7.65. The van der Waals surface area contributed by atoms with Crippen LogP contribution in [-0.2, 0) is 6.54 Å². The minimum Gasteiger partial charge on any atom is -0.345 e. The molecule has 1 aliphatic heterocycles. The van der Waals surface area contributed by atoms with Crippen molar-refractivity contribution in [3.63, 3.8) is 0 Å². The third kappa shape index (κ3) is 3.39. The third-order valence-corrected chi connectivity index (χ3v) is 5.71. The topological polar surface area (TPSA) is 32.3 Å². The zero-order chi connectivity index (χ0) is 15.6. The van der Waals surface area contributed by atoms with E-state index in [2.05, 4.69) is 61.0 Å². The SMILES string of the molecule is Brc1ccc2nc(N3CCN(Cc4ccncc4)CC3)sc2c1. The molecule has 0 radical (unpaired) electrons. The van der Waals surface area contributed by atoms with Crippen LogP contribution in [-0.4, -0.2) is 41.0 Å². The molecule has 1 aromatic carbocycles. The first-order valence-electron chi connectivity index (χ1n) is 7.70. The smallest absolute Gasteiger partial charge is 0.186 e. The maximum absolute atomic E-state index is 4.78. The van der Waals surface area contributed by atoms with Crippen molar-refractivity contribution in [3.05, 3.63) is 52.8 Å². The van der Waals surface area contributed by atoms with Gasteiger partial charge in [-0.2, -0.15) is 0 Å². The van der Waals surface area contributed by atoms with E-state index in [1.54, 1.807) is 11.3 Å². The number of hydrogen-bond donors (Lipinski definition) is 0. The molecule has 1 fully saturated rings. The van der Waals surface area contributed by atoms with E-state index < -0.39 is 0 Å². The van der Waals surface area contributed by atoms with Crippen LogP contribution in [0.5, 0.6) is 0 Å². The highest BCUT2D eigenvalue weighted by molar-refractivity contribution is 9.10. The van der Waals surface area contributed by atoms with E-state index in [0.29, 0.717) is 0 Å². The molecule has 6 heteroatoms. The molecular formula is C17H17BrN4S. The van der Waals surface area contributed by atoms with Gasteiger partial charge < -0.3 is 4.90 Å². The molecule has 0 N–H and O–H groups in total. The quantitative estimate of drug-likeness (QED) is 0.683. The monoisotopic (exact) mass is 388 g/mol. The molecule has 118 valence electrons. The van der Waals surface area contributed by atoms with E-state index in [1.807, 2.05) is 12.4 Å². The fourth-order valence-electron chi connectivity index (χ4n) is 2.87. The number of anilines is 1. The lowest BCUT2D eigenvalue weighted by Crippen LogP contribution is -2.45. The fourth-order valence-corrected chi connectivity index (χ4v) is 4.43. The van der Waals surface area contributed by atoms with Crippen LogP contribution in [0, 0.1) is 0 Å². The van der Waals surface area contributed by atoms with Gasteiger partial charge in [-0.3, -0.25) is 9.88 Å². The summed E-state index contributed by atoms with van der Waals surface area (Å²) >= 11 is 5.31. The zero-order valence-electron chi connectivity index (χ0n) is 12.7. The van der Waals surface area contributed by atoms with Crippen LogP contribution in [0.15, 0.2) is 47.2 Å². The minimum atomic E-state index is 1.00. The predicted octanol–water partition coefficient (Wildman–Crippen LogP) is 3.78. The van der Waals surface area contributed by atoms with Crippen LogP contribution in [0.2, 0.25) is 0 Å². The van der Waals surface area contributed by atoms with E-state index in [-0.39, 0.29) is 0 Å². The second-order valence-electron chi connectivity index (χ2n) is 5.73. The summed E-state index contributed by atoms with van der Waals surface area (Å²) in [5.74, 6) is 0. The molecule has 23 heavy (non-hydrogen) atoms. The van der Waals surface area contributed by atoms with Gasteiger partial charge in [-0.1, -0.05) is 27.3 Å². The van der Waals surface area contributed by atoms with Gasteiger partial charge in [-0.05, 0) is 35.9 Å². The predicted molar refractivity (Wildman–Crippen MR) is 99.0 cm³/mol. The molecule has 0 saturated carbocycles. The molecular weight excluding hydrogens is 372 g/mol. The summed E-state index contributed by atoms with van der Waals surface area (Å²) in [4.78, 5) is 13.8. The van der Waals surface area contributed by atoms with Crippen molar-refractivity contribution in [2.24, 2.45) is 0 Å². The number of hydrogen-bond acceptors (Lipinski definition) is 5. The fraction of sp³-hybridized carbons (Fsp3) is 0.294. The molecule has 0 spiro atoms. The van der Waals surface area contributed by atoms with E-state index in [0.717, 1.165) is 47.8 Å². The van der Waals surface area contributed by atoms with Gasteiger partial charge in [0.25, 0.3) is 0 Å². The summed E-state index contributed by atoms with van der Waals surface area (Å²) < 4.78 is 2.36. The number of piperazine rings is 1. The third-order valence-electron chi connectivity index (χ3n) is 4.14. The van der Waals surface area contributed by atoms with Crippen molar-refractivity contribution < 1.29 is 0 Å². The van der Waals surface area contributed by atoms with Gasteiger partial charge in [0.1, 0.15) is 0 Å². The molecule has 0 bridgehead atoms. The summed E-state index contributed by atoms with van der Waals surface area (Å²) in [6, 6.07) is 10.5. The molecule has 3 aromatic rings. The van der Waals surface area contributed by atoms with E-state index >= 15 is 0 Å². The number of fused-ring (bicyclic) bond motifs is 1. The second kappa shape index (κ2) is 6.55. The Balaban J connectivity index is 1.42. The number of aromatic nitrogens is 2. The first-order valence-corrected chi connectivity index (χ1v) is 9.31. The molecule has 0 aliphatic carbocycles. The molecule has 1 saturated heterocycles. The first kappa shape index (κ1) is 15.1. The van der Waals surface area contributed by atoms with E-state index in [9.17, 15) is 0 Å². The van der Waals surface area contributed by atoms with Crippen LogP contribution in [0.1, 0.15) is 5.56 Å². The Morgan fingerprint density at radius 1 is 1.04 bits per heavy atom. The van der Waals surface area contributed by atoms with Crippen LogP contribution < -0.4 is 4.90 Å². The number of nitrogens with zero attached hydrogens (tertiary/aromatic N) is 4. The summed E-state index contributed by atoms with van der Waals surface area (Å²) in [5, 5.41) is 1.14. The maximum atomic E-state index is 4.78. The van der Waals surface area contributed by atoms with Crippen molar-refractivity contribution in [1.29, 1.82) is 0 Å². The maximum Gasteiger partial charge on any atom is 0.186 e. The van der Waals surface area contributed by atoms with Gasteiger partial charge in [0.15, 0.2) is 5.13 Å². The molecule has 3 heterocycles. The number of rotatable bonds is 3. The van der Waals surface area contributed by atoms with Gasteiger partial charge in [0, 0.05) is 49.6 Å². The summed E-state index contributed by atoms with van der Waals surface area (Å²) in [7, 11) is 0. The van der Waals surface area contributed by atoms with Crippen molar-refractivity contribution in [2.75, 3.05) is 31.1 Å². The van der Waals surface area contributed by atoms with Gasteiger partial charge in [0.2, 0.25) is 0 Å². The highest BCUT2D eigenvalue weighted by atomic mass is 79.9. The number of benzene rings is 1. The standard InChI is InChI=1S/C17H17BrN4S/c18-14-1-2-15-16(11-14)23-17(20-15)22-9-7-21(8-10-22)12-13-3-5-19-6-4-13/h1-6,11H,7-10,12H2. The largest absolute Gasteiger partial charge is 0.345 e. The molecule has 2 aromatic heterocycles. The lowest BCUT2D eigenvalue weighted by Gasteiger charge is -2.34. The van der Waals surface area contributed by atoms with Gasteiger partial charge >= 0.3 is 0 Å². The Hall–Kier alpha value is -1.50. The Morgan fingerprint density at radius 2 is 1.83 bits per heavy atom. The summed E-state index contributed by atoms with van der Waals surface area (Å²) in [6.45, 7) is 5.21. The highest BCUT2D eigenvalue weighted by Crippen LogP contribution is 2.31. The number of thiazole rings is 1. The average molecular weight is 389 g/mol. The van der Waals surface area contributed by atoms with E-state index in [4.69, 9.17) is 4.98 Å². The number of pyridine rings is 1. The Bertz CT molecular complexity index is 797. The molecule has 0 amide bonds. The molecule has 4 rings (SSSR count). The van der Waals surface area contributed by atoms with Crippen LogP contribution >= 0.6 is 27.3 Å². The molecule has 0 atom stereocenters. The molecule has 0 unspecified atom stereocenters. The summed E-state index contributed by atoms with van der Waals surface area (Å²) in [5.41, 5.74) is 2.42. The van der Waals surface area contributed by atoms with Gasteiger partial charge in [-0.25, -0.2) is 4.98 Å².